The van der Waals surface area contributed by atoms with Crippen LogP contribution in [0.2, 0.25) is 0 Å². The van der Waals surface area contributed by atoms with Gasteiger partial charge in [-0.2, -0.15) is 0 Å². The number of nitrogens with zero attached hydrogens (tertiary/aromatic N) is 3. The fourth-order valence-corrected chi connectivity index (χ4v) is 2.51. The molecule has 1 saturated heterocycles. The Hall–Kier alpha value is -1.56. The Balaban J connectivity index is 1.88. The second-order valence-electron chi connectivity index (χ2n) is 6.05. The van der Waals surface area contributed by atoms with E-state index in [1.165, 1.54) is 0 Å². The zero-order valence-electron chi connectivity index (χ0n) is 12.5. The van der Waals surface area contributed by atoms with E-state index in [0.717, 1.165) is 18.7 Å². The first-order chi connectivity index (χ1) is 9.47. The summed E-state index contributed by atoms with van der Waals surface area (Å²) >= 11 is 0. The number of aromatic nitrogens is 2. The number of urea groups is 1. The number of rotatable bonds is 4. The average molecular weight is 279 g/mol. The number of aryl methyl sites for hydroxylation is 1. The number of nitrogens with two attached hydrogens (primary N) is 1. The van der Waals surface area contributed by atoms with Crippen molar-refractivity contribution in [3.63, 3.8) is 0 Å². The normalized spacial score (nSPS) is 22.6. The monoisotopic (exact) mass is 279 g/mol. The Bertz CT molecular complexity index is 456. The minimum Gasteiger partial charge on any atom is -0.340 e. The van der Waals surface area contributed by atoms with Gasteiger partial charge in [0.2, 0.25) is 0 Å². The molecule has 0 radical (unpaired) electrons. The standard InChI is InChI=1S/C14H25N5O/c1-10(2)4-5-16-14(20)19-6-11(12(15)7-19)13-8-18(3)9-17-13/h8-12H,4-7,15H2,1-3H3,(H,16,20)/t11-,12-/m1/s1. The van der Waals surface area contributed by atoms with Gasteiger partial charge in [0, 0.05) is 44.8 Å². The second kappa shape index (κ2) is 6.26. The van der Waals surface area contributed by atoms with Crippen molar-refractivity contribution in [2.45, 2.75) is 32.2 Å². The highest BCUT2D eigenvalue weighted by Gasteiger charge is 2.35. The molecule has 20 heavy (non-hydrogen) atoms. The van der Waals surface area contributed by atoms with Crippen molar-refractivity contribution in [3.05, 3.63) is 18.2 Å². The zero-order valence-corrected chi connectivity index (χ0v) is 12.5. The maximum absolute atomic E-state index is 12.1. The Morgan fingerprint density at radius 3 is 2.90 bits per heavy atom. The molecule has 1 aromatic heterocycles. The van der Waals surface area contributed by atoms with Gasteiger partial charge in [-0.05, 0) is 12.3 Å². The van der Waals surface area contributed by atoms with Gasteiger partial charge in [0.1, 0.15) is 0 Å². The number of imidazole rings is 1. The first-order valence-corrected chi connectivity index (χ1v) is 7.23. The molecule has 0 spiro atoms. The summed E-state index contributed by atoms with van der Waals surface area (Å²) in [5.74, 6) is 0.726. The number of carbonyl (C=O) groups is 1. The van der Waals surface area contributed by atoms with Crippen LogP contribution in [0.3, 0.4) is 0 Å². The molecule has 1 aliphatic rings. The van der Waals surface area contributed by atoms with Gasteiger partial charge in [-0.25, -0.2) is 9.78 Å². The Kier molecular flexibility index (Phi) is 4.65. The van der Waals surface area contributed by atoms with Gasteiger partial charge in [-0.1, -0.05) is 13.8 Å². The highest BCUT2D eigenvalue weighted by atomic mass is 16.2. The molecule has 0 aromatic carbocycles. The Morgan fingerprint density at radius 1 is 1.55 bits per heavy atom. The van der Waals surface area contributed by atoms with Crippen molar-refractivity contribution in [3.8, 4) is 0 Å². The summed E-state index contributed by atoms with van der Waals surface area (Å²) in [4.78, 5) is 18.2. The van der Waals surface area contributed by atoms with E-state index in [-0.39, 0.29) is 18.0 Å². The van der Waals surface area contributed by atoms with Crippen LogP contribution >= 0.6 is 0 Å². The number of nitrogens with one attached hydrogen (secondary N) is 1. The van der Waals surface area contributed by atoms with Crippen molar-refractivity contribution in [2.75, 3.05) is 19.6 Å². The van der Waals surface area contributed by atoms with Crippen molar-refractivity contribution in [1.82, 2.24) is 19.8 Å². The van der Waals surface area contributed by atoms with Crippen LogP contribution in [0.1, 0.15) is 31.9 Å². The van der Waals surface area contributed by atoms with Crippen LogP contribution in [0, 0.1) is 5.92 Å². The molecule has 0 bridgehead atoms. The average Bonchev–Trinajstić information content (AvgIpc) is 2.94. The lowest BCUT2D eigenvalue weighted by Crippen LogP contribution is -2.40. The van der Waals surface area contributed by atoms with E-state index in [9.17, 15) is 4.79 Å². The predicted octanol–water partition coefficient (Wildman–Crippen LogP) is 0.902. The summed E-state index contributed by atoms with van der Waals surface area (Å²) in [7, 11) is 1.94. The third kappa shape index (κ3) is 3.50. The molecule has 6 nitrogen and oxygen atoms in total. The van der Waals surface area contributed by atoms with Gasteiger partial charge in [0.15, 0.2) is 0 Å². The lowest BCUT2D eigenvalue weighted by Gasteiger charge is -2.17. The van der Waals surface area contributed by atoms with E-state index in [1.807, 2.05) is 17.8 Å². The van der Waals surface area contributed by atoms with Gasteiger partial charge in [0.05, 0.1) is 12.0 Å². The van der Waals surface area contributed by atoms with E-state index >= 15 is 0 Å². The number of likely N-dealkylation sites (tertiary alicyclic amines) is 1. The van der Waals surface area contributed by atoms with Gasteiger partial charge >= 0.3 is 6.03 Å². The van der Waals surface area contributed by atoms with Gasteiger partial charge in [-0.3, -0.25) is 0 Å². The van der Waals surface area contributed by atoms with E-state index in [4.69, 9.17) is 5.73 Å². The fraction of sp³-hybridized carbons (Fsp3) is 0.714. The van der Waals surface area contributed by atoms with E-state index < -0.39 is 0 Å². The molecule has 6 heteroatoms. The second-order valence-corrected chi connectivity index (χ2v) is 6.05. The van der Waals surface area contributed by atoms with Crippen LogP contribution in [-0.4, -0.2) is 46.2 Å². The lowest BCUT2D eigenvalue weighted by molar-refractivity contribution is 0.207. The van der Waals surface area contributed by atoms with Crippen molar-refractivity contribution >= 4 is 6.03 Å². The van der Waals surface area contributed by atoms with Gasteiger partial charge in [-0.15, -0.1) is 0 Å². The van der Waals surface area contributed by atoms with E-state index in [2.05, 4.69) is 24.1 Å². The highest BCUT2D eigenvalue weighted by molar-refractivity contribution is 5.74. The molecule has 0 unspecified atom stereocenters. The quantitative estimate of drug-likeness (QED) is 0.860. The maximum atomic E-state index is 12.1. The third-order valence-electron chi connectivity index (χ3n) is 3.75. The molecular weight excluding hydrogens is 254 g/mol. The molecule has 1 fully saturated rings. The van der Waals surface area contributed by atoms with Crippen LogP contribution in [0.5, 0.6) is 0 Å². The zero-order chi connectivity index (χ0) is 14.7. The Morgan fingerprint density at radius 2 is 2.30 bits per heavy atom. The first-order valence-electron chi connectivity index (χ1n) is 7.23. The number of hydrogen-bond donors (Lipinski definition) is 2. The molecule has 1 aromatic rings. The lowest BCUT2D eigenvalue weighted by atomic mass is 10.0. The largest absolute Gasteiger partial charge is 0.340 e. The number of amides is 2. The molecule has 3 N–H and O–H groups in total. The fourth-order valence-electron chi connectivity index (χ4n) is 2.51. The Labute approximate surface area is 120 Å². The maximum Gasteiger partial charge on any atom is 0.317 e. The summed E-state index contributed by atoms with van der Waals surface area (Å²) in [6.07, 6.45) is 4.74. The van der Waals surface area contributed by atoms with Crippen LogP contribution in [0.15, 0.2) is 12.5 Å². The molecule has 2 amide bonds. The molecule has 0 saturated carbocycles. The molecule has 2 atom stereocenters. The third-order valence-corrected chi connectivity index (χ3v) is 3.75. The molecular formula is C14H25N5O. The van der Waals surface area contributed by atoms with Crippen molar-refractivity contribution < 1.29 is 4.79 Å². The SMILES string of the molecule is CC(C)CCNC(=O)N1C[C@@H](N)[C@H](c2cn(C)cn2)C1. The predicted molar refractivity (Wildman–Crippen MR) is 78.4 cm³/mol. The molecule has 112 valence electrons. The van der Waals surface area contributed by atoms with Crippen LogP contribution in [0.25, 0.3) is 0 Å². The van der Waals surface area contributed by atoms with Crippen molar-refractivity contribution in [1.29, 1.82) is 0 Å². The molecule has 2 heterocycles. The van der Waals surface area contributed by atoms with E-state index in [1.54, 1.807) is 11.2 Å². The number of carbonyl (C=O) groups excluding carboxylic acids is 1. The van der Waals surface area contributed by atoms with Gasteiger partial charge < -0.3 is 20.5 Å². The minimum absolute atomic E-state index is 0.0143. The highest BCUT2D eigenvalue weighted by Crippen LogP contribution is 2.24. The van der Waals surface area contributed by atoms with E-state index in [0.29, 0.717) is 19.0 Å². The summed E-state index contributed by atoms with van der Waals surface area (Å²) in [6, 6.07) is -0.0553. The molecule has 2 rings (SSSR count). The van der Waals surface area contributed by atoms with Crippen LogP contribution < -0.4 is 11.1 Å². The molecule has 1 aliphatic heterocycles. The summed E-state index contributed by atoms with van der Waals surface area (Å²) < 4.78 is 1.91. The minimum atomic E-state index is -0.0410. The summed E-state index contributed by atoms with van der Waals surface area (Å²) in [5, 5.41) is 2.96. The summed E-state index contributed by atoms with van der Waals surface area (Å²) in [6.45, 7) is 6.25. The first kappa shape index (κ1) is 14.8. The topological polar surface area (TPSA) is 76.2 Å². The van der Waals surface area contributed by atoms with Crippen LogP contribution in [-0.2, 0) is 7.05 Å². The molecule has 0 aliphatic carbocycles. The van der Waals surface area contributed by atoms with Crippen molar-refractivity contribution in [2.24, 2.45) is 18.7 Å². The van der Waals surface area contributed by atoms with Crippen LogP contribution in [0.4, 0.5) is 4.79 Å². The smallest absolute Gasteiger partial charge is 0.317 e. The van der Waals surface area contributed by atoms with Gasteiger partial charge in [0.25, 0.3) is 0 Å². The number of hydrogen-bond acceptors (Lipinski definition) is 3. The summed E-state index contributed by atoms with van der Waals surface area (Å²) in [5.41, 5.74) is 7.12.